The second kappa shape index (κ2) is 8.23. The zero-order valence-electron chi connectivity index (χ0n) is 16.9. The van der Waals surface area contributed by atoms with Crippen LogP contribution in [0.1, 0.15) is 50.5 Å². The SMILES string of the molecule is CC(C)(C)C(C)(C)NC(=O)c1cccc(NC(=O)Cc2cc(Cl)ccc2O)c1. The molecule has 2 aromatic carbocycles. The van der Waals surface area contributed by atoms with Crippen molar-refractivity contribution in [1.82, 2.24) is 5.32 Å². The molecule has 0 atom stereocenters. The molecule has 0 spiro atoms. The fourth-order valence-corrected chi connectivity index (χ4v) is 2.55. The number of nitrogens with one attached hydrogen (secondary N) is 2. The van der Waals surface area contributed by atoms with Crippen molar-refractivity contribution in [2.24, 2.45) is 5.41 Å². The van der Waals surface area contributed by atoms with E-state index in [1.165, 1.54) is 6.07 Å². The van der Waals surface area contributed by atoms with Crippen molar-refractivity contribution >= 4 is 29.1 Å². The molecule has 0 aliphatic carbocycles. The van der Waals surface area contributed by atoms with Gasteiger partial charge >= 0.3 is 0 Å². The summed E-state index contributed by atoms with van der Waals surface area (Å²) < 4.78 is 0. The van der Waals surface area contributed by atoms with Crippen molar-refractivity contribution in [1.29, 1.82) is 0 Å². The van der Waals surface area contributed by atoms with E-state index < -0.39 is 5.54 Å². The molecule has 2 aromatic rings. The summed E-state index contributed by atoms with van der Waals surface area (Å²) in [5.41, 5.74) is 0.875. The number of phenols is 1. The third-order valence-corrected chi connectivity index (χ3v) is 5.34. The number of rotatable bonds is 5. The molecular weight excluding hydrogens is 376 g/mol. The maximum atomic E-state index is 12.6. The summed E-state index contributed by atoms with van der Waals surface area (Å²) in [5.74, 6) is -0.509. The number of hydrogen-bond donors (Lipinski definition) is 3. The lowest BCUT2D eigenvalue weighted by molar-refractivity contribution is -0.115. The van der Waals surface area contributed by atoms with Gasteiger partial charge in [-0.15, -0.1) is 0 Å². The molecule has 0 saturated carbocycles. The minimum absolute atomic E-state index is 0.0112. The van der Waals surface area contributed by atoms with Crippen LogP contribution in [0.15, 0.2) is 42.5 Å². The highest BCUT2D eigenvalue weighted by Gasteiger charge is 2.34. The van der Waals surface area contributed by atoms with Crippen molar-refractivity contribution < 1.29 is 14.7 Å². The molecule has 6 heteroatoms. The van der Waals surface area contributed by atoms with Gasteiger partial charge in [0.1, 0.15) is 5.75 Å². The van der Waals surface area contributed by atoms with Crippen LogP contribution in [0.2, 0.25) is 5.02 Å². The van der Waals surface area contributed by atoms with Gasteiger partial charge in [0.25, 0.3) is 5.91 Å². The summed E-state index contributed by atoms with van der Waals surface area (Å²) in [7, 11) is 0. The van der Waals surface area contributed by atoms with Gasteiger partial charge in [-0.25, -0.2) is 0 Å². The highest BCUT2D eigenvalue weighted by atomic mass is 35.5. The van der Waals surface area contributed by atoms with Gasteiger partial charge in [-0.1, -0.05) is 38.4 Å². The fourth-order valence-electron chi connectivity index (χ4n) is 2.36. The minimum Gasteiger partial charge on any atom is -0.508 e. The topological polar surface area (TPSA) is 78.4 Å². The maximum Gasteiger partial charge on any atom is 0.251 e. The number of anilines is 1. The van der Waals surface area contributed by atoms with E-state index in [-0.39, 0.29) is 29.4 Å². The number of carbonyl (C=O) groups is 2. The average molecular weight is 403 g/mol. The van der Waals surface area contributed by atoms with Crippen LogP contribution in [-0.2, 0) is 11.2 Å². The normalized spacial score (nSPS) is 11.8. The van der Waals surface area contributed by atoms with E-state index in [1.54, 1.807) is 36.4 Å². The van der Waals surface area contributed by atoms with Crippen LogP contribution < -0.4 is 10.6 Å². The summed E-state index contributed by atoms with van der Waals surface area (Å²) in [5, 5.41) is 16.1. The molecule has 0 aliphatic rings. The minimum atomic E-state index is -0.409. The Morgan fingerprint density at radius 2 is 1.71 bits per heavy atom. The van der Waals surface area contributed by atoms with Crippen molar-refractivity contribution in [2.75, 3.05) is 5.32 Å². The lowest BCUT2D eigenvalue weighted by atomic mass is 9.76. The Balaban J connectivity index is 2.09. The Kier molecular flexibility index (Phi) is 6.40. The molecule has 0 saturated heterocycles. The molecule has 0 fully saturated rings. The number of carbonyl (C=O) groups excluding carboxylic acids is 2. The zero-order valence-corrected chi connectivity index (χ0v) is 17.6. The summed E-state index contributed by atoms with van der Waals surface area (Å²) in [6.07, 6.45) is -0.0279. The quantitative estimate of drug-likeness (QED) is 0.673. The predicted molar refractivity (Wildman–Crippen MR) is 113 cm³/mol. The number of phenolic OH excluding ortho intramolecular Hbond substituents is 1. The van der Waals surface area contributed by atoms with Gasteiger partial charge in [-0.3, -0.25) is 9.59 Å². The number of halogens is 1. The molecule has 0 aliphatic heterocycles. The molecule has 0 radical (unpaired) electrons. The lowest BCUT2D eigenvalue weighted by Crippen LogP contribution is -2.52. The largest absolute Gasteiger partial charge is 0.508 e. The third kappa shape index (κ3) is 5.49. The first-order chi connectivity index (χ1) is 12.9. The molecule has 28 heavy (non-hydrogen) atoms. The standard InChI is InChI=1S/C22H27ClN2O3/c1-21(2,3)22(4,5)25-20(28)14-7-6-8-17(12-14)24-19(27)13-15-11-16(23)9-10-18(15)26/h6-12,26H,13H2,1-5H3,(H,24,27)(H,25,28). The smallest absolute Gasteiger partial charge is 0.251 e. The molecule has 150 valence electrons. The first kappa shape index (κ1) is 21.8. The highest BCUT2D eigenvalue weighted by Crippen LogP contribution is 2.29. The molecule has 5 nitrogen and oxygen atoms in total. The number of amides is 2. The molecular formula is C22H27ClN2O3. The Morgan fingerprint density at radius 3 is 2.36 bits per heavy atom. The van der Waals surface area contributed by atoms with Gasteiger partial charge in [0.15, 0.2) is 0 Å². The molecule has 3 N–H and O–H groups in total. The Labute approximate surface area is 171 Å². The Bertz CT molecular complexity index is 886. The summed E-state index contributed by atoms with van der Waals surface area (Å²) in [4.78, 5) is 25.0. The molecule has 0 bridgehead atoms. The number of aromatic hydroxyl groups is 1. The molecule has 2 amide bonds. The molecule has 2 rings (SSSR count). The first-order valence-electron chi connectivity index (χ1n) is 9.09. The van der Waals surface area contributed by atoms with E-state index in [4.69, 9.17) is 11.6 Å². The van der Waals surface area contributed by atoms with Gasteiger partial charge < -0.3 is 15.7 Å². The summed E-state index contributed by atoms with van der Waals surface area (Å²) >= 11 is 5.91. The Hall–Kier alpha value is -2.53. The van der Waals surface area contributed by atoms with Crippen LogP contribution in [0.3, 0.4) is 0 Å². The van der Waals surface area contributed by atoms with E-state index in [2.05, 4.69) is 31.4 Å². The predicted octanol–water partition coefficient (Wildman–Crippen LogP) is 4.78. The van der Waals surface area contributed by atoms with Crippen LogP contribution in [0.5, 0.6) is 5.75 Å². The van der Waals surface area contributed by atoms with Gasteiger partial charge in [0, 0.05) is 27.4 Å². The van der Waals surface area contributed by atoms with Gasteiger partial charge in [-0.2, -0.15) is 0 Å². The van der Waals surface area contributed by atoms with Crippen molar-refractivity contribution in [3.05, 3.63) is 58.6 Å². The van der Waals surface area contributed by atoms with Crippen molar-refractivity contribution in [2.45, 2.75) is 46.6 Å². The van der Waals surface area contributed by atoms with Crippen molar-refractivity contribution in [3.8, 4) is 5.75 Å². The lowest BCUT2D eigenvalue weighted by Gasteiger charge is -2.39. The van der Waals surface area contributed by atoms with Crippen LogP contribution in [-0.4, -0.2) is 22.5 Å². The number of benzene rings is 2. The monoisotopic (exact) mass is 402 g/mol. The first-order valence-corrected chi connectivity index (χ1v) is 9.47. The van der Waals surface area contributed by atoms with E-state index in [1.807, 2.05) is 13.8 Å². The van der Waals surface area contributed by atoms with Crippen molar-refractivity contribution in [3.63, 3.8) is 0 Å². The average Bonchev–Trinajstić information content (AvgIpc) is 2.57. The Morgan fingerprint density at radius 1 is 1.04 bits per heavy atom. The van der Waals surface area contributed by atoms with E-state index in [0.717, 1.165) is 0 Å². The van der Waals surface area contributed by atoms with Gasteiger partial charge in [-0.05, 0) is 55.7 Å². The molecule has 0 heterocycles. The van der Waals surface area contributed by atoms with Crippen LogP contribution in [0.4, 0.5) is 5.69 Å². The fraction of sp³-hybridized carbons (Fsp3) is 0.364. The van der Waals surface area contributed by atoms with Crippen LogP contribution in [0, 0.1) is 5.41 Å². The third-order valence-electron chi connectivity index (χ3n) is 5.10. The van der Waals surface area contributed by atoms with E-state index in [0.29, 0.717) is 21.8 Å². The maximum absolute atomic E-state index is 12.6. The molecule has 0 unspecified atom stereocenters. The number of hydrogen-bond acceptors (Lipinski definition) is 3. The second-order valence-electron chi connectivity index (χ2n) is 8.41. The van der Waals surface area contributed by atoms with Crippen LogP contribution in [0.25, 0.3) is 0 Å². The molecule has 0 aromatic heterocycles. The van der Waals surface area contributed by atoms with E-state index in [9.17, 15) is 14.7 Å². The highest BCUT2D eigenvalue weighted by molar-refractivity contribution is 6.30. The zero-order chi connectivity index (χ0) is 21.1. The van der Waals surface area contributed by atoms with E-state index >= 15 is 0 Å². The summed E-state index contributed by atoms with van der Waals surface area (Å²) in [6, 6.07) is 11.3. The summed E-state index contributed by atoms with van der Waals surface area (Å²) in [6.45, 7) is 10.2. The second-order valence-corrected chi connectivity index (χ2v) is 8.84. The van der Waals surface area contributed by atoms with Crippen LogP contribution >= 0.6 is 11.6 Å². The van der Waals surface area contributed by atoms with Gasteiger partial charge in [0.05, 0.1) is 6.42 Å². The van der Waals surface area contributed by atoms with Gasteiger partial charge in [0.2, 0.25) is 5.91 Å².